The summed E-state index contributed by atoms with van der Waals surface area (Å²) in [5, 5.41) is 10.3. The number of methoxy groups -OCH3 is 2. The molecule has 40 heavy (non-hydrogen) atoms. The summed E-state index contributed by atoms with van der Waals surface area (Å²) in [7, 11) is 5.22. The molecule has 2 saturated carbocycles. The standard InChI is InChI=1S/C32H37N3O5/c1-34(18-22-23(36)5-4-13-33-22)28(37)21-16-30-10-11-32(21,39-3)29-31(30)12-14-35(17-19-6-7-19)25(30)15-20-8-9-24(38-2)27(40-29)26(20)31/h4-5,8-9,13,16,19,25,29,36H,6-7,10-12,14-15,17-18H2,1-3H3/t25-,29-,30-,31+,32-/m1/s1. The molecule has 1 aromatic carbocycles. The van der Waals surface area contributed by atoms with Crippen LogP contribution in [0.5, 0.6) is 17.2 Å². The fourth-order valence-corrected chi connectivity index (χ4v) is 9.30. The summed E-state index contributed by atoms with van der Waals surface area (Å²) >= 11 is 0. The van der Waals surface area contributed by atoms with Gasteiger partial charge in [0.2, 0.25) is 0 Å². The van der Waals surface area contributed by atoms with E-state index in [1.165, 1.54) is 24.0 Å². The monoisotopic (exact) mass is 543 g/mol. The van der Waals surface area contributed by atoms with Gasteiger partial charge in [-0.05, 0) is 74.8 Å². The number of carbonyl (C=O) groups excluding carboxylic acids is 1. The maximum Gasteiger partial charge on any atom is 0.252 e. The number of rotatable bonds is 7. The predicted molar refractivity (Wildman–Crippen MR) is 147 cm³/mol. The number of carbonyl (C=O) groups is 1. The van der Waals surface area contributed by atoms with E-state index < -0.39 is 5.60 Å². The molecule has 4 bridgehead atoms. The van der Waals surface area contributed by atoms with Crippen LogP contribution in [0.15, 0.2) is 42.1 Å². The van der Waals surface area contributed by atoms with Crippen LogP contribution < -0.4 is 9.47 Å². The molecule has 2 spiro atoms. The maximum atomic E-state index is 14.4. The number of fused-ring (bicyclic) bond motifs is 1. The van der Waals surface area contributed by atoms with Crippen LogP contribution in [-0.2, 0) is 27.9 Å². The number of ether oxygens (including phenoxy) is 3. The molecule has 210 valence electrons. The molecular weight excluding hydrogens is 506 g/mol. The first-order valence-corrected chi connectivity index (χ1v) is 14.7. The SMILES string of the molecule is COc1ccc2c3c1O[C@@H]1[C@]34CCN(CC3CC3)[C@H](C2)[C@@]42C=C(C(=O)N(C)Cc3ncccc3O)[C@]1(OC)CC2. The first-order valence-electron chi connectivity index (χ1n) is 14.7. The van der Waals surface area contributed by atoms with Gasteiger partial charge in [0.15, 0.2) is 11.5 Å². The van der Waals surface area contributed by atoms with Crippen LogP contribution in [0.4, 0.5) is 0 Å². The van der Waals surface area contributed by atoms with Crippen LogP contribution >= 0.6 is 0 Å². The molecule has 2 aliphatic heterocycles. The fourth-order valence-electron chi connectivity index (χ4n) is 9.30. The molecule has 1 N–H and O–H groups in total. The maximum absolute atomic E-state index is 14.4. The number of pyridine rings is 1. The van der Waals surface area contributed by atoms with Crippen molar-refractivity contribution >= 4 is 5.91 Å². The van der Waals surface area contributed by atoms with E-state index in [1.54, 1.807) is 44.5 Å². The number of amides is 1. The predicted octanol–water partition coefficient (Wildman–Crippen LogP) is 3.60. The largest absolute Gasteiger partial charge is 0.506 e. The first-order chi connectivity index (χ1) is 19.4. The van der Waals surface area contributed by atoms with Gasteiger partial charge in [-0.3, -0.25) is 14.7 Å². The Morgan fingerprint density at radius 1 is 1.23 bits per heavy atom. The molecule has 1 aromatic heterocycles. The summed E-state index contributed by atoms with van der Waals surface area (Å²) in [6, 6.07) is 7.90. The van der Waals surface area contributed by atoms with Gasteiger partial charge in [-0.15, -0.1) is 0 Å². The number of likely N-dealkylation sites (N-methyl/N-ethyl adjacent to an activating group) is 1. The van der Waals surface area contributed by atoms with Gasteiger partial charge in [-0.1, -0.05) is 12.1 Å². The number of likely N-dealkylation sites (tertiary alicyclic amines) is 1. The lowest BCUT2D eigenvalue weighted by molar-refractivity contribution is -0.198. The van der Waals surface area contributed by atoms with Crippen molar-refractivity contribution in [1.82, 2.24) is 14.8 Å². The van der Waals surface area contributed by atoms with Gasteiger partial charge in [0.25, 0.3) is 5.91 Å². The third-order valence-electron chi connectivity index (χ3n) is 11.2. The van der Waals surface area contributed by atoms with Gasteiger partial charge >= 0.3 is 0 Å². The summed E-state index contributed by atoms with van der Waals surface area (Å²) in [4.78, 5) is 23.1. The van der Waals surface area contributed by atoms with Gasteiger partial charge in [-0.2, -0.15) is 0 Å². The Hall–Kier alpha value is -3.10. The third kappa shape index (κ3) is 2.89. The van der Waals surface area contributed by atoms with E-state index in [9.17, 15) is 9.90 Å². The summed E-state index contributed by atoms with van der Waals surface area (Å²) in [5.74, 6) is 2.40. The molecule has 3 fully saturated rings. The summed E-state index contributed by atoms with van der Waals surface area (Å²) < 4.78 is 19.3. The molecule has 8 nitrogen and oxygen atoms in total. The number of piperidine rings is 1. The van der Waals surface area contributed by atoms with E-state index in [2.05, 4.69) is 28.1 Å². The minimum atomic E-state index is -0.874. The van der Waals surface area contributed by atoms with Crippen molar-refractivity contribution in [3.63, 3.8) is 0 Å². The highest BCUT2D eigenvalue weighted by atomic mass is 16.6. The second-order valence-corrected chi connectivity index (χ2v) is 12.8. The van der Waals surface area contributed by atoms with Crippen molar-refractivity contribution in [3.05, 3.63) is 58.9 Å². The number of nitrogens with zero attached hydrogens (tertiary/aromatic N) is 3. The Bertz CT molecular complexity index is 1450. The summed E-state index contributed by atoms with van der Waals surface area (Å²) in [6.45, 7) is 2.38. The molecule has 5 atom stereocenters. The van der Waals surface area contributed by atoms with Crippen molar-refractivity contribution < 1.29 is 24.1 Å². The minimum Gasteiger partial charge on any atom is -0.506 e. The average Bonchev–Trinajstić information content (AvgIpc) is 3.71. The molecule has 0 unspecified atom stereocenters. The van der Waals surface area contributed by atoms with Crippen LogP contribution in [-0.4, -0.2) is 77.9 Å². The van der Waals surface area contributed by atoms with Crippen LogP contribution in [0.25, 0.3) is 0 Å². The topological polar surface area (TPSA) is 84.4 Å². The lowest BCUT2D eigenvalue weighted by Gasteiger charge is -2.70. The van der Waals surface area contributed by atoms with Gasteiger partial charge in [0, 0.05) is 49.5 Å². The molecule has 7 aliphatic rings. The number of benzene rings is 1. The minimum absolute atomic E-state index is 0.0898. The molecular formula is C32H37N3O5. The molecule has 9 rings (SSSR count). The lowest BCUT2D eigenvalue weighted by Crippen LogP contribution is -2.78. The Morgan fingerprint density at radius 3 is 2.83 bits per heavy atom. The Balaban J connectivity index is 1.29. The first kappa shape index (κ1) is 24.7. The van der Waals surface area contributed by atoms with E-state index >= 15 is 0 Å². The molecule has 1 saturated heterocycles. The van der Waals surface area contributed by atoms with Crippen LogP contribution in [0.1, 0.15) is 48.9 Å². The number of aromatic nitrogens is 1. The zero-order valence-corrected chi connectivity index (χ0v) is 23.5. The Morgan fingerprint density at radius 2 is 2.08 bits per heavy atom. The second kappa shape index (κ2) is 8.23. The molecule has 8 heteroatoms. The molecule has 3 heterocycles. The van der Waals surface area contributed by atoms with E-state index in [0.29, 0.717) is 17.3 Å². The van der Waals surface area contributed by atoms with E-state index in [1.807, 2.05) is 0 Å². The van der Waals surface area contributed by atoms with Crippen LogP contribution in [0.3, 0.4) is 0 Å². The van der Waals surface area contributed by atoms with Gasteiger partial charge in [0.1, 0.15) is 23.1 Å². The van der Waals surface area contributed by atoms with E-state index in [-0.39, 0.29) is 35.1 Å². The normalized spacial score (nSPS) is 34.6. The summed E-state index contributed by atoms with van der Waals surface area (Å²) in [5.41, 5.74) is 2.46. The Labute approximate surface area is 234 Å². The van der Waals surface area contributed by atoms with Crippen molar-refractivity contribution in [1.29, 1.82) is 0 Å². The Kier molecular flexibility index (Phi) is 5.08. The van der Waals surface area contributed by atoms with Gasteiger partial charge < -0.3 is 24.2 Å². The number of hydrogen-bond acceptors (Lipinski definition) is 7. The zero-order valence-electron chi connectivity index (χ0n) is 23.5. The zero-order chi connectivity index (χ0) is 27.4. The fraction of sp³-hybridized carbons (Fsp3) is 0.562. The smallest absolute Gasteiger partial charge is 0.252 e. The van der Waals surface area contributed by atoms with E-state index in [0.717, 1.165) is 56.2 Å². The highest BCUT2D eigenvalue weighted by Crippen LogP contribution is 2.75. The summed E-state index contributed by atoms with van der Waals surface area (Å²) in [6.07, 6.45) is 9.93. The molecule has 0 radical (unpaired) electrons. The van der Waals surface area contributed by atoms with Gasteiger partial charge in [-0.25, -0.2) is 0 Å². The van der Waals surface area contributed by atoms with E-state index in [4.69, 9.17) is 14.2 Å². The van der Waals surface area contributed by atoms with Crippen molar-refractivity contribution in [2.24, 2.45) is 11.3 Å². The van der Waals surface area contributed by atoms with Crippen molar-refractivity contribution in [3.8, 4) is 17.2 Å². The van der Waals surface area contributed by atoms with Gasteiger partial charge in [0.05, 0.1) is 19.1 Å². The highest BCUT2D eigenvalue weighted by Gasteiger charge is 2.79. The number of aromatic hydroxyl groups is 1. The average molecular weight is 544 g/mol. The molecule has 1 amide bonds. The second-order valence-electron chi connectivity index (χ2n) is 12.8. The van der Waals surface area contributed by atoms with Crippen molar-refractivity contribution in [2.75, 3.05) is 34.4 Å². The lowest BCUT2D eigenvalue weighted by atomic mass is 9.37. The van der Waals surface area contributed by atoms with Crippen molar-refractivity contribution in [2.45, 2.75) is 68.2 Å². The van der Waals surface area contributed by atoms with Crippen LogP contribution in [0.2, 0.25) is 0 Å². The third-order valence-corrected chi connectivity index (χ3v) is 11.2. The number of hydrogen-bond donors (Lipinski definition) is 1. The van der Waals surface area contributed by atoms with Crippen LogP contribution in [0, 0.1) is 11.3 Å². The quantitative estimate of drug-likeness (QED) is 0.571. The molecule has 2 aromatic rings. The highest BCUT2D eigenvalue weighted by molar-refractivity contribution is 5.97. The molecule has 5 aliphatic carbocycles.